The van der Waals surface area contributed by atoms with Gasteiger partial charge in [-0.3, -0.25) is 4.99 Å². The molecule has 0 saturated heterocycles. The second-order valence-electron chi connectivity index (χ2n) is 2.15. The smallest absolute Gasteiger partial charge is 0.328 e. The van der Waals surface area contributed by atoms with Crippen LogP contribution in [0.4, 0.5) is 0 Å². The van der Waals surface area contributed by atoms with E-state index in [0.29, 0.717) is 12.2 Å². The average Bonchev–Trinajstić information content (AvgIpc) is 2.47. The quantitative estimate of drug-likeness (QED) is 0.571. The molecule has 80 valence electrons. The third-order valence-corrected chi connectivity index (χ3v) is 0.990. The molecule has 0 unspecified atom stereocenters. The zero-order chi connectivity index (χ0) is 11.5. The minimum Gasteiger partial charge on any atom is -0.478 e. The lowest BCUT2D eigenvalue weighted by molar-refractivity contribution is -0.134. The Labute approximate surface area is 85.9 Å². The molecular weight excluding hydrogens is 200 g/mol. The Kier molecular flexibility index (Phi) is 6.94. The predicted octanol–water partition coefficient (Wildman–Crippen LogP) is 0.357. The van der Waals surface area contributed by atoms with Gasteiger partial charge < -0.3 is 15.5 Å². The van der Waals surface area contributed by atoms with Crippen LogP contribution < -0.4 is 5.32 Å². The van der Waals surface area contributed by atoms with Crippen LogP contribution in [0.1, 0.15) is 0 Å². The number of aliphatic imine (C=N–C) groups is 1. The highest BCUT2D eigenvalue weighted by molar-refractivity contribution is 5.89. The van der Waals surface area contributed by atoms with E-state index in [1.807, 2.05) is 12.3 Å². The van der Waals surface area contributed by atoms with Crippen molar-refractivity contribution in [3.63, 3.8) is 0 Å². The standard InChI is InChI=1S/C5H6N2.C4H4O4/c1-2-6-4-5-7-3-1;5-3(6)1-2-4(7)8/h1-6H;1-2H,(H,5,6)(H,7,8). The summed E-state index contributed by atoms with van der Waals surface area (Å²) >= 11 is 0. The first-order chi connectivity index (χ1) is 7.13. The van der Waals surface area contributed by atoms with Crippen LogP contribution in [-0.4, -0.2) is 28.4 Å². The van der Waals surface area contributed by atoms with Gasteiger partial charge in [0.15, 0.2) is 0 Å². The highest BCUT2D eigenvalue weighted by atomic mass is 16.4. The SMILES string of the molecule is C1=CNC=CN=C1.O=C(O)C=CC(=O)O. The van der Waals surface area contributed by atoms with Crippen molar-refractivity contribution in [2.24, 2.45) is 4.99 Å². The molecular formula is C9H10N2O4. The van der Waals surface area contributed by atoms with Crippen molar-refractivity contribution in [2.45, 2.75) is 0 Å². The van der Waals surface area contributed by atoms with Crippen LogP contribution in [0.2, 0.25) is 0 Å². The lowest BCUT2D eigenvalue weighted by Crippen LogP contribution is -1.91. The molecule has 1 aliphatic heterocycles. The van der Waals surface area contributed by atoms with Gasteiger partial charge in [0.2, 0.25) is 0 Å². The Morgan fingerprint density at radius 1 is 1.13 bits per heavy atom. The molecule has 0 aromatic heterocycles. The lowest BCUT2D eigenvalue weighted by atomic mass is 10.5. The first kappa shape index (κ1) is 12.6. The zero-order valence-corrected chi connectivity index (χ0v) is 7.70. The molecule has 0 aromatic carbocycles. The van der Waals surface area contributed by atoms with Crippen LogP contribution in [0.25, 0.3) is 0 Å². The Hall–Kier alpha value is -2.37. The van der Waals surface area contributed by atoms with Crippen molar-refractivity contribution < 1.29 is 19.8 Å². The Morgan fingerprint density at radius 3 is 2.27 bits per heavy atom. The molecule has 1 aliphatic rings. The Balaban J connectivity index is 0.000000262. The van der Waals surface area contributed by atoms with Crippen molar-refractivity contribution >= 4 is 18.2 Å². The van der Waals surface area contributed by atoms with E-state index in [2.05, 4.69) is 10.3 Å². The van der Waals surface area contributed by atoms with Crippen LogP contribution in [0.3, 0.4) is 0 Å². The van der Waals surface area contributed by atoms with Crippen molar-refractivity contribution in [1.82, 2.24) is 5.32 Å². The van der Waals surface area contributed by atoms with Crippen LogP contribution >= 0.6 is 0 Å². The Bertz CT molecular complexity index is 299. The minimum absolute atomic E-state index is 0.558. The van der Waals surface area contributed by atoms with Gasteiger partial charge in [-0.1, -0.05) is 0 Å². The molecule has 3 N–H and O–H groups in total. The van der Waals surface area contributed by atoms with Crippen LogP contribution in [0.15, 0.2) is 41.8 Å². The summed E-state index contributed by atoms with van der Waals surface area (Å²) in [6, 6.07) is 0. The van der Waals surface area contributed by atoms with Gasteiger partial charge in [-0.05, 0) is 6.08 Å². The maximum Gasteiger partial charge on any atom is 0.328 e. The van der Waals surface area contributed by atoms with Crippen molar-refractivity contribution in [3.05, 3.63) is 36.8 Å². The molecule has 0 spiro atoms. The summed E-state index contributed by atoms with van der Waals surface area (Å²) in [5, 5.41) is 18.5. The molecule has 0 aromatic rings. The monoisotopic (exact) mass is 210 g/mol. The highest BCUT2D eigenvalue weighted by Crippen LogP contribution is 1.75. The number of allylic oxidation sites excluding steroid dienone is 1. The predicted molar refractivity (Wildman–Crippen MR) is 54.3 cm³/mol. The first-order valence-electron chi connectivity index (χ1n) is 3.86. The van der Waals surface area contributed by atoms with Crippen molar-refractivity contribution in [3.8, 4) is 0 Å². The number of carboxylic acid groups (broad SMARTS) is 2. The molecule has 0 fully saturated rings. The second kappa shape index (κ2) is 8.24. The fourth-order valence-corrected chi connectivity index (χ4v) is 0.482. The maximum absolute atomic E-state index is 9.55. The van der Waals surface area contributed by atoms with Gasteiger partial charge in [0.25, 0.3) is 0 Å². The summed E-state index contributed by atoms with van der Waals surface area (Å²) in [6.45, 7) is 0. The number of hydrogen-bond acceptors (Lipinski definition) is 4. The molecule has 0 atom stereocenters. The van der Waals surface area contributed by atoms with Crippen LogP contribution in [0.5, 0.6) is 0 Å². The molecule has 0 aliphatic carbocycles. The van der Waals surface area contributed by atoms with Gasteiger partial charge in [-0.15, -0.1) is 0 Å². The van der Waals surface area contributed by atoms with Gasteiger partial charge in [0.05, 0.1) is 0 Å². The zero-order valence-electron chi connectivity index (χ0n) is 7.70. The number of nitrogens with one attached hydrogen (secondary N) is 1. The second-order valence-corrected chi connectivity index (χ2v) is 2.15. The minimum atomic E-state index is -1.26. The molecule has 6 nitrogen and oxygen atoms in total. The molecule has 0 saturated carbocycles. The van der Waals surface area contributed by atoms with E-state index in [9.17, 15) is 9.59 Å². The van der Waals surface area contributed by atoms with Crippen molar-refractivity contribution in [1.29, 1.82) is 0 Å². The molecule has 1 rings (SSSR count). The number of nitrogens with zero attached hydrogens (tertiary/aromatic N) is 1. The van der Waals surface area contributed by atoms with Gasteiger partial charge in [0.1, 0.15) is 0 Å². The number of carboxylic acids is 2. The molecule has 0 radical (unpaired) electrons. The van der Waals surface area contributed by atoms with Gasteiger partial charge in [-0.2, -0.15) is 0 Å². The Morgan fingerprint density at radius 2 is 1.73 bits per heavy atom. The van der Waals surface area contributed by atoms with E-state index in [-0.39, 0.29) is 0 Å². The van der Waals surface area contributed by atoms with Gasteiger partial charge >= 0.3 is 11.9 Å². The van der Waals surface area contributed by atoms with Gasteiger partial charge in [0, 0.05) is 37.0 Å². The van der Waals surface area contributed by atoms with E-state index in [4.69, 9.17) is 10.2 Å². The molecule has 15 heavy (non-hydrogen) atoms. The van der Waals surface area contributed by atoms with Crippen LogP contribution in [-0.2, 0) is 9.59 Å². The van der Waals surface area contributed by atoms with E-state index >= 15 is 0 Å². The summed E-state index contributed by atoms with van der Waals surface area (Å²) in [7, 11) is 0. The topological polar surface area (TPSA) is 99.0 Å². The summed E-state index contributed by atoms with van der Waals surface area (Å²) in [4.78, 5) is 22.9. The van der Waals surface area contributed by atoms with E-state index in [0.717, 1.165) is 0 Å². The normalized spacial score (nSPS) is 12.5. The molecule has 1 heterocycles. The fraction of sp³-hybridized carbons (Fsp3) is 0. The highest BCUT2D eigenvalue weighted by Gasteiger charge is 1.88. The van der Waals surface area contributed by atoms with E-state index in [1.54, 1.807) is 18.6 Å². The number of rotatable bonds is 2. The third-order valence-electron chi connectivity index (χ3n) is 0.990. The van der Waals surface area contributed by atoms with Crippen LogP contribution in [0, 0.1) is 0 Å². The summed E-state index contributed by atoms with van der Waals surface area (Å²) < 4.78 is 0. The molecule has 0 bridgehead atoms. The largest absolute Gasteiger partial charge is 0.478 e. The number of aliphatic carboxylic acids is 2. The van der Waals surface area contributed by atoms with E-state index in [1.165, 1.54) is 0 Å². The third kappa shape index (κ3) is 11.6. The fourth-order valence-electron chi connectivity index (χ4n) is 0.482. The van der Waals surface area contributed by atoms with Crippen molar-refractivity contribution in [2.75, 3.05) is 0 Å². The molecule has 6 heteroatoms. The van der Waals surface area contributed by atoms with Gasteiger partial charge in [-0.25, -0.2) is 9.59 Å². The first-order valence-corrected chi connectivity index (χ1v) is 3.86. The van der Waals surface area contributed by atoms with E-state index < -0.39 is 11.9 Å². The summed E-state index contributed by atoms with van der Waals surface area (Å²) in [6.07, 6.45) is 9.94. The molecule has 0 amide bonds. The number of hydrogen-bond donors (Lipinski definition) is 3. The summed E-state index contributed by atoms with van der Waals surface area (Å²) in [5.41, 5.74) is 0. The summed E-state index contributed by atoms with van der Waals surface area (Å²) in [5.74, 6) is -2.51. The maximum atomic E-state index is 9.55. The average molecular weight is 210 g/mol. The lowest BCUT2D eigenvalue weighted by Gasteiger charge is -1.78. The number of carbonyl (C=O) groups is 2.